The van der Waals surface area contributed by atoms with E-state index in [-0.39, 0.29) is 5.56 Å². The average molecular weight is 258 g/mol. The van der Waals surface area contributed by atoms with Crippen LogP contribution < -0.4 is 5.73 Å². The van der Waals surface area contributed by atoms with Gasteiger partial charge in [-0.25, -0.2) is 8.78 Å². The second-order valence-corrected chi connectivity index (χ2v) is 3.93. The molecule has 1 aromatic carbocycles. The Kier molecular flexibility index (Phi) is 5.03. The molecule has 6 heteroatoms. The fourth-order valence-corrected chi connectivity index (χ4v) is 1.48. The number of nitrogens with two attached hydrogens (primary N) is 1. The minimum absolute atomic E-state index is 0.0564. The molecule has 0 heterocycles. The smallest absolute Gasteiger partial charge is 0.253 e. The van der Waals surface area contributed by atoms with Gasteiger partial charge in [0.05, 0.1) is 0 Å². The number of hydrogen-bond acceptors (Lipinski definition) is 3. The third kappa shape index (κ3) is 3.40. The van der Waals surface area contributed by atoms with E-state index in [0.717, 1.165) is 12.1 Å². The molecule has 0 aliphatic rings. The summed E-state index contributed by atoms with van der Waals surface area (Å²) in [4.78, 5) is 13.2. The number of benzene rings is 1. The maximum absolute atomic E-state index is 13.2. The van der Waals surface area contributed by atoms with Gasteiger partial charge in [0, 0.05) is 32.9 Å². The second kappa shape index (κ2) is 6.30. The van der Waals surface area contributed by atoms with E-state index in [9.17, 15) is 13.6 Å². The van der Waals surface area contributed by atoms with Gasteiger partial charge < -0.3 is 15.4 Å². The molecule has 0 aliphatic heterocycles. The third-order valence-electron chi connectivity index (χ3n) is 2.51. The Bertz CT molecular complexity index is 415. The van der Waals surface area contributed by atoms with Crippen molar-refractivity contribution < 1.29 is 18.3 Å². The second-order valence-electron chi connectivity index (χ2n) is 3.93. The van der Waals surface area contributed by atoms with E-state index in [1.807, 2.05) is 0 Å². The summed E-state index contributed by atoms with van der Waals surface area (Å²) in [5.41, 5.74) is 4.50. The molecule has 0 saturated heterocycles. The molecule has 2 N–H and O–H groups in total. The van der Waals surface area contributed by atoms with Crippen molar-refractivity contribution in [2.45, 2.75) is 6.42 Å². The van der Waals surface area contributed by atoms with Gasteiger partial charge in [-0.1, -0.05) is 0 Å². The van der Waals surface area contributed by atoms with E-state index in [1.165, 1.54) is 4.90 Å². The van der Waals surface area contributed by atoms with Gasteiger partial charge in [0.2, 0.25) is 0 Å². The molecule has 1 rings (SSSR count). The lowest BCUT2D eigenvalue weighted by atomic mass is 10.1. The molecule has 0 saturated carbocycles. The number of methoxy groups -OCH3 is 1. The van der Waals surface area contributed by atoms with E-state index in [0.29, 0.717) is 19.6 Å². The number of halogens is 2. The molecule has 0 aliphatic carbocycles. The molecular weight excluding hydrogens is 242 g/mol. The summed E-state index contributed by atoms with van der Waals surface area (Å²) in [6, 6.07) is 1.88. The number of ether oxygens (including phenoxy) is 1. The Labute approximate surface area is 104 Å². The topological polar surface area (TPSA) is 55.6 Å². The van der Waals surface area contributed by atoms with Gasteiger partial charge in [-0.05, 0) is 18.6 Å². The van der Waals surface area contributed by atoms with E-state index in [4.69, 9.17) is 10.5 Å². The van der Waals surface area contributed by atoms with Crippen LogP contribution in [0.4, 0.5) is 14.5 Å². The molecular formula is C12H16F2N2O2. The Hall–Kier alpha value is -1.69. The largest absolute Gasteiger partial charge is 0.394 e. The summed E-state index contributed by atoms with van der Waals surface area (Å²) in [6.45, 7) is 0.961. The van der Waals surface area contributed by atoms with Gasteiger partial charge in [0.1, 0.15) is 17.3 Å². The Balaban J connectivity index is 2.77. The lowest BCUT2D eigenvalue weighted by Gasteiger charge is -2.17. The highest BCUT2D eigenvalue weighted by Crippen LogP contribution is 2.18. The van der Waals surface area contributed by atoms with Gasteiger partial charge in [0.25, 0.3) is 5.91 Å². The number of rotatable bonds is 5. The first kappa shape index (κ1) is 14.4. The van der Waals surface area contributed by atoms with E-state index in [1.54, 1.807) is 14.2 Å². The zero-order chi connectivity index (χ0) is 13.7. The molecule has 18 heavy (non-hydrogen) atoms. The molecule has 0 radical (unpaired) electrons. The number of carbonyl (C=O) groups is 1. The molecule has 0 bridgehead atoms. The summed E-state index contributed by atoms with van der Waals surface area (Å²) < 4.78 is 31.3. The number of nitrogens with zero attached hydrogens (tertiary/aromatic N) is 1. The van der Waals surface area contributed by atoms with Crippen molar-refractivity contribution >= 4 is 11.6 Å². The number of carbonyl (C=O) groups excluding carboxylic acids is 1. The predicted octanol–water partition coefficient (Wildman–Crippen LogP) is 1.66. The zero-order valence-electron chi connectivity index (χ0n) is 10.4. The number of anilines is 1. The Morgan fingerprint density at radius 2 is 1.94 bits per heavy atom. The van der Waals surface area contributed by atoms with Crippen molar-refractivity contribution in [1.82, 2.24) is 4.90 Å². The van der Waals surface area contributed by atoms with Gasteiger partial charge in [-0.3, -0.25) is 4.79 Å². The summed E-state index contributed by atoms with van der Waals surface area (Å²) in [6.07, 6.45) is 0.651. The first-order valence-electron chi connectivity index (χ1n) is 5.46. The van der Waals surface area contributed by atoms with Gasteiger partial charge >= 0.3 is 0 Å². The molecule has 0 unspecified atom stereocenters. The van der Waals surface area contributed by atoms with Crippen LogP contribution in [0, 0.1) is 11.6 Å². The van der Waals surface area contributed by atoms with Gasteiger partial charge in [-0.15, -0.1) is 0 Å². The monoisotopic (exact) mass is 258 g/mol. The Morgan fingerprint density at radius 1 is 1.39 bits per heavy atom. The van der Waals surface area contributed by atoms with Crippen molar-refractivity contribution in [3.63, 3.8) is 0 Å². The first-order valence-corrected chi connectivity index (χ1v) is 5.46. The average Bonchev–Trinajstić information content (AvgIpc) is 2.34. The van der Waals surface area contributed by atoms with Gasteiger partial charge in [0.15, 0.2) is 0 Å². The molecule has 0 aromatic heterocycles. The van der Waals surface area contributed by atoms with Crippen LogP contribution in [0.5, 0.6) is 0 Å². The van der Waals surface area contributed by atoms with Crippen molar-refractivity contribution in [3.05, 3.63) is 29.3 Å². The van der Waals surface area contributed by atoms with E-state index < -0.39 is 23.2 Å². The lowest BCUT2D eigenvalue weighted by Crippen LogP contribution is -2.28. The highest BCUT2D eigenvalue weighted by molar-refractivity contribution is 5.94. The van der Waals surface area contributed by atoms with Crippen LogP contribution in [0.3, 0.4) is 0 Å². The van der Waals surface area contributed by atoms with Crippen LogP contribution in [0.1, 0.15) is 16.8 Å². The van der Waals surface area contributed by atoms with Crippen LogP contribution in [-0.4, -0.2) is 38.1 Å². The van der Waals surface area contributed by atoms with Crippen LogP contribution in [-0.2, 0) is 4.74 Å². The van der Waals surface area contributed by atoms with Crippen LogP contribution >= 0.6 is 0 Å². The Morgan fingerprint density at radius 3 is 2.44 bits per heavy atom. The fraction of sp³-hybridized carbons (Fsp3) is 0.417. The quantitative estimate of drug-likeness (QED) is 0.645. The van der Waals surface area contributed by atoms with Crippen LogP contribution in [0.2, 0.25) is 0 Å². The normalized spacial score (nSPS) is 10.4. The maximum atomic E-state index is 13.2. The summed E-state index contributed by atoms with van der Waals surface area (Å²) >= 11 is 0. The molecule has 1 amide bonds. The van der Waals surface area contributed by atoms with Crippen molar-refractivity contribution in [2.24, 2.45) is 0 Å². The number of hydrogen-bond donors (Lipinski definition) is 1. The highest BCUT2D eigenvalue weighted by Gasteiger charge is 2.16. The van der Waals surface area contributed by atoms with Crippen LogP contribution in [0.15, 0.2) is 12.1 Å². The van der Waals surface area contributed by atoms with E-state index in [2.05, 4.69) is 0 Å². The minimum atomic E-state index is -0.927. The highest BCUT2D eigenvalue weighted by atomic mass is 19.1. The first-order chi connectivity index (χ1) is 8.47. The predicted molar refractivity (Wildman–Crippen MR) is 64.2 cm³/mol. The third-order valence-corrected chi connectivity index (χ3v) is 2.51. The zero-order valence-corrected chi connectivity index (χ0v) is 10.4. The fourth-order valence-electron chi connectivity index (χ4n) is 1.48. The SMILES string of the molecule is COCCCN(C)C(=O)c1cc(F)c(N)c(F)c1. The molecule has 0 fully saturated rings. The minimum Gasteiger partial charge on any atom is -0.394 e. The number of amides is 1. The van der Waals surface area contributed by atoms with Gasteiger partial charge in [-0.2, -0.15) is 0 Å². The van der Waals surface area contributed by atoms with Crippen molar-refractivity contribution in [2.75, 3.05) is 33.0 Å². The molecule has 0 atom stereocenters. The standard InChI is InChI=1S/C12H16F2N2O2/c1-16(4-3-5-18-2)12(17)8-6-9(13)11(15)10(14)7-8/h6-7H,3-5,15H2,1-2H3. The summed E-state index contributed by atoms with van der Waals surface area (Å²) in [7, 11) is 3.12. The summed E-state index contributed by atoms with van der Waals surface area (Å²) in [5, 5.41) is 0. The van der Waals surface area contributed by atoms with Crippen LogP contribution in [0.25, 0.3) is 0 Å². The van der Waals surface area contributed by atoms with E-state index >= 15 is 0 Å². The summed E-state index contributed by atoms with van der Waals surface area (Å²) in [5.74, 6) is -2.31. The van der Waals surface area contributed by atoms with Crippen molar-refractivity contribution in [3.8, 4) is 0 Å². The van der Waals surface area contributed by atoms with Crippen molar-refractivity contribution in [1.29, 1.82) is 0 Å². The lowest BCUT2D eigenvalue weighted by molar-refractivity contribution is 0.0778. The molecule has 0 spiro atoms. The molecule has 100 valence electrons. The molecule has 1 aromatic rings. The number of nitrogen functional groups attached to an aromatic ring is 1. The maximum Gasteiger partial charge on any atom is 0.253 e. The molecule has 4 nitrogen and oxygen atoms in total.